The zero-order valence-corrected chi connectivity index (χ0v) is 25.6. The van der Waals surface area contributed by atoms with Gasteiger partial charge in [-0.2, -0.15) is 0 Å². The Kier molecular flexibility index (Phi) is 7.86. The van der Waals surface area contributed by atoms with Crippen molar-refractivity contribution in [1.29, 1.82) is 0 Å². The van der Waals surface area contributed by atoms with Crippen molar-refractivity contribution in [2.45, 2.75) is 77.8 Å². The molecule has 6 heterocycles. The number of nitrogens with zero attached hydrogens (tertiary/aromatic N) is 5. The van der Waals surface area contributed by atoms with E-state index in [0.29, 0.717) is 49.7 Å². The number of thiophene rings is 1. The second kappa shape index (κ2) is 11.4. The average molecular weight is 596 g/mol. The highest BCUT2D eigenvalue weighted by molar-refractivity contribution is 7.23. The van der Waals surface area contributed by atoms with Crippen LogP contribution in [0.25, 0.3) is 10.2 Å². The number of aromatic nitrogens is 1. The highest BCUT2D eigenvalue weighted by Gasteiger charge is 2.60. The Bertz CT molecular complexity index is 1380. The van der Waals surface area contributed by atoms with Crippen molar-refractivity contribution in [2.24, 2.45) is 5.41 Å². The van der Waals surface area contributed by atoms with Crippen LogP contribution in [-0.4, -0.2) is 99.9 Å². The number of rotatable bonds is 4. The van der Waals surface area contributed by atoms with Crippen LogP contribution >= 0.6 is 11.3 Å². The molecular formula is C30H41N7O4S. The molecule has 0 bridgehead atoms. The topological polar surface area (TPSA) is 118 Å². The minimum absolute atomic E-state index is 0.0126. The lowest BCUT2D eigenvalue weighted by atomic mass is 9.78. The number of hydrazine groups is 1. The number of hydrogen-bond acceptors (Lipinski definition) is 7. The highest BCUT2D eigenvalue weighted by Crippen LogP contribution is 2.42. The van der Waals surface area contributed by atoms with Gasteiger partial charge in [-0.25, -0.2) is 9.78 Å². The number of amides is 5. The quantitative estimate of drug-likeness (QED) is 0.522. The van der Waals surface area contributed by atoms with Crippen molar-refractivity contribution in [2.75, 3.05) is 44.6 Å². The summed E-state index contributed by atoms with van der Waals surface area (Å²) in [7, 11) is 0. The maximum absolute atomic E-state index is 13.9. The Labute approximate surface area is 250 Å². The fraction of sp³-hybridized carbons (Fsp3) is 0.633. The SMILES string of the molecule is Cc1ccc2c(C(=O)N3CCC(N4CCCC5(C4)C(=O)N4CCCCCN4C5=O)CC3)c(NC(=O)NC(C)C)sc2n1. The van der Waals surface area contributed by atoms with Crippen molar-refractivity contribution in [3.63, 3.8) is 0 Å². The fourth-order valence-electron chi connectivity index (χ4n) is 7.06. The van der Waals surface area contributed by atoms with Crippen LogP contribution in [-0.2, 0) is 9.59 Å². The zero-order chi connectivity index (χ0) is 29.6. The van der Waals surface area contributed by atoms with Gasteiger partial charge in [0.2, 0.25) is 0 Å². The molecule has 226 valence electrons. The Hall–Kier alpha value is -3.25. The van der Waals surface area contributed by atoms with Gasteiger partial charge in [0.1, 0.15) is 15.2 Å². The largest absolute Gasteiger partial charge is 0.338 e. The molecule has 0 unspecified atom stereocenters. The van der Waals surface area contributed by atoms with Gasteiger partial charge in [-0.15, -0.1) is 0 Å². The van der Waals surface area contributed by atoms with E-state index in [1.54, 1.807) is 10.0 Å². The molecule has 1 spiro atoms. The summed E-state index contributed by atoms with van der Waals surface area (Å²) in [5, 5.41) is 10.4. The average Bonchev–Trinajstić information content (AvgIpc) is 3.24. The molecule has 4 fully saturated rings. The highest BCUT2D eigenvalue weighted by atomic mass is 32.1. The van der Waals surface area contributed by atoms with Gasteiger partial charge >= 0.3 is 6.03 Å². The van der Waals surface area contributed by atoms with Crippen molar-refractivity contribution in [1.82, 2.24) is 30.1 Å². The molecule has 5 amide bonds. The van der Waals surface area contributed by atoms with E-state index in [0.717, 1.165) is 61.0 Å². The number of pyridine rings is 1. The van der Waals surface area contributed by atoms with Crippen LogP contribution in [0.3, 0.4) is 0 Å². The smallest absolute Gasteiger partial charge is 0.320 e. The number of hydrogen-bond donors (Lipinski definition) is 2. The minimum atomic E-state index is -0.958. The number of likely N-dealkylation sites (tertiary alicyclic amines) is 2. The lowest BCUT2D eigenvalue weighted by Crippen LogP contribution is -2.56. The van der Waals surface area contributed by atoms with Crippen LogP contribution in [0.2, 0.25) is 0 Å². The third-order valence-corrected chi connectivity index (χ3v) is 10.2. The van der Waals surface area contributed by atoms with Gasteiger partial charge in [0.25, 0.3) is 17.7 Å². The van der Waals surface area contributed by atoms with Gasteiger partial charge in [-0.05, 0) is 84.4 Å². The van der Waals surface area contributed by atoms with Crippen LogP contribution in [0.5, 0.6) is 0 Å². The molecule has 4 aliphatic rings. The third kappa shape index (κ3) is 5.12. The van der Waals surface area contributed by atoms with Gasteiger partial charge in [-0.1, -0.05) is 11.3 Å². The first-order chi connectivity index (χ1) is 20.2. The first-order valence-corrected chi connectivity index (χ1v) is 16.1. The number of carbonyl (C=O) groups is 4. The predicted molar refractivity (Wildman–Crippen MR) is 161 cm³/mol. The number of urea groups is 1. The summed E-state index contributed by atoms with van der Waals surface area (Å²) in [4.78, 5) is 63.3. The van der Waals surface area contributed by atoms with Gasteiger partial charge in [0.15, 0.2) is 0 Å². The lowest BCUT2D eigenvalue weighted by molar-refractivity contribution is -0.145. The molecule has 0 atom stereocenters. The van der Waals surface area contributed by atoms with E-state index in [4.69, 9.17) is 0 Å². The number of aryl methyl sites for hydroxylation is 1. The van der Waals surface area contributed by atoms with Crippen LogP contribution in [0.15, 0.2) is 12.1 Å². The summed E-state index contributed by atoms with van der Waals surface area (Å²) >= 11 is 1.32. The molecule has 0 aromatic carbocycles. The van der Waals surface area contributed by atoms with E-state index in [-0.39, 0.29) is 35.8 Å². The number of fused-ring (bicyclic) bond motifs is 2. The van der Waals surface area contributed by atoms with Crippen molar-refractivity contribution in [3.8, 4) is 0 Å². The Morgan fingerprint density at radius 3 is 2.33 bits per heavy atom. The molecular weight excluding hydrogens is 554 g/mol. The zero-order valence-electron chi connectivity index (χ0n) is 24.8. The summed E-state index contributed by atoms with van der Waals surface area (Å²) in [5.74, 6) is -0.134. The standard InChI is InChI=1S/C30H41N7O4S/c1-19(2)31-29(41)33-25-23(22-9-8-20(3)32-24(22)42-25)26(38)34-16-10-21(11-17-34)35-13-7-12-30(18-35)27(39)36-14-5-4-6-15-37(36)28(30)40/h8-9,19,21H,4-7,10-18H2,1-3H3,(H2,31,33,41). The van der Waals surface area contributed by atoms with Crippen LogP contribution in [0, 0.1) is 12.3 Å². The molecule has 42 heavy (non-hydrogen) atoms. The second-order valence-electron chi connectivity index (χ2n) is 12.5. The van der Waals surface area contributed by atoms with Crippen LogP contribution < -0.4 is 10.6 Å². The molecule has 2 aromatic heterocycles. The molecule has 2 aromatic rings. The molecule has 0 saturated carbocycles. The fourth-order valence-corrected chi connectivity index (χ4v) is 8.17. The van der Waals surface area contributed by atoms with Gasteiger partial charge < -0.3 is 10.2 Å². The van der Waals surface area contributed by atoms with E-state index in [1.807, 2.05) is 37.8 Å². The van der Waals surface area contributed by atoms with Gasteiger partial charge in [-0.3, -0.25) is 34.6 Å². The Morgan fingerprint density at radius 1 is 0.976 bits per heavy atom. The molecule has 6 rings (SSSR count). The normalized spacial score (nSPS) is 21.8. The number of nitrogens with one attached hydrogen (secondary N) is 2. The van der Waals surface area contributed by atoms with E-state index < -0.39 is 5.41 Å². The summed E-state index contributed by atoms with van der Waals surface area (Å²) < 4.78 is 0. The molecule has 11 nitrogen and oxygen atoms in total. The third-order valence-electron chi connectivity index (χ3n) is 9.16. The van der Waals surface area contributed by atoms with Crippen LogP contribution in [0.1, 0.15) is 74.8 Å². The van der Waals surface area contributed by atoms with E-state index in [2.05, 4.69) is 20.5 Å². The minimum Gasteiger partial charge on any atom is -0.338 e. The maximum Gasteiger partial charge on any atom is 0.320 e. The number of piperidine rings is 2. The molecule has 2 N–H and O–H groups in total. The lowest BCUT2D eigenvalue weighted by Gasteiger charge is -2.44. The Morgan fingerprint density at radius 2 is 1.67 bits per heavy atom. The first kappa shape index (κ1) is 28.9. The van der Waals surface area contributed by atoms with E-state index >= 15 is 0 Å². The monoisotopic (exact) mass is 595 g/mol. The molecule has 0 radical (unpaired) electrons. The summed E-state index contributed by atoms with van der Waals surface area (Å²) in [6.07, 6.45) is 5.90. The number of anilines is 1. The van der Waals surface area contributed by atoms with Crippen LogP contribution in [0.4, 0.5) is 9.80 Å². The predicted octanol–water partition coefficient (Wildman–Crippen LogP) is 3.59. The van der Waals surface area contributed by atoms with E-state index in [1.165, 1.54) is 11.3 Å². The summed E-state index contributed by atoms with van der Waals surface area (Å²) in [6, 6.07) is 3.62. The van der Waals surface area contributed by atoms with Crippen molar-refractivity contribution >= 4 is 50.3 Å². The van der Waals surface area contributed by atoms with Crippen molar-refractivity contribution < 1.29 is 19.2 Å². The number of carbonyl (C=O) groups excluding carboxylic acids is 4. The maximum atomic E-state index is 13.9. The van der Waals surface area contributed by atoms with E-state index in [9.17, 15) is 19.2 Å². The first-order valence-electron chi connectivity index (χ1n) is 15.3. The molecule has 4 saturated heterocycles. The Balaban J connectivity index is 1.16. The summed E-state index contributed by atoms with van der Waals surface area (Å²) in [6.45, 7) is 9.42. The second-order valence-corrected chi connectivity index (χ2v) is 13.5. The van der Waals surface area contributed by atoms with Crippen molar-refractivity contribution in [3.05, 3.63) is 23.4 Å². The molecule has 12 heteroatoms. The van der Waals surface area contributed by atoms with Gasteiger partial charge in [0.05, 0.1) is 5.56 Å². The molecule has 4 aliphatic heterocycles. The summed E-state index contributed by atoms with van der Waals surface area (Å²) in [5.41, 5.74) is 0.379. The van der Waals surface area contributed by atoms with Gasteiger partial charge in [0, 0.05) is 55.9 Å². The molecule has 0 aliphatic carbocycles.